The largest absolute Gasteiger partial charge is 0.456 e. The van der Waals surface area contributed by atoms with Crippen LogP contribution in [-0.2, 0) is 0 Å². The van der Waals surface area contributed by atoms with Crippen LogP contribution in [0.5, 0.6) is 0 Å². The summed E-state index contributed by atoms with van der Waals surface area (Å²) in [5, 5.41) is 1.14. The van der Waals surface area contributed by atoms with Crippen LogP contribution in [0, 0.1) is 6.92 Å². The number of hydrogen-bond donors (Lipinski definition) is 1. The summed E-state index contributed by atoms with van der Waals surface area (Å²) >= 11 is 0. The van der Waals surface area contributed by atoms with Crippen molar-refractivity contribution in [3.63, 3.8) is 0 Å². The highest BCUT2D eigenvalue weighted by Gasteiger charge is 2.09. The van der Waals surface area contributed by atoms with E-state index in [9.17, 15) is 0 Å². The van der Waals surface area contributed by atoms with Crippen LogP contribution in [0.15, 0.2) is 52.9 Å². The molecule has 0 spiro atoms. The van der Waals surface area contributed by atoms with Gasteiger partial charge in [0.15, 0.2) is 0 Å². The molecule has 1 heterocycles. The van der Waals surface area contributed by atoms with Gasteiger partial charge in [-0.05, 0) is 43.2 Å². The van der Waals surface area contributed by atoms with Crippen molar-refractivity contribution >= 4 is 11.0 Å². The molecule has 20 heavy (non-hydrogen) atoms. The fourth-order valence-electron chi connectivity index (χ4n) is 2.46. The van der Waals surface area contributed by atoms with E-state index in [2.05, 4.69) is 50.2 Å². The van der Waals surface area contributed by atoms with E-state index >= 15 is 0 Å². The zero-order chi connectivity index (χ0) is 14.1. The molecular weight excluding hydrogens is 246 g/mol. The summed E-state index contributed by atoms with van der Waals surface area (Å²) in [6.45, 7) is 4.19. The van der Waals surface area contributed by atoms with Crippen LogP contribution >= 0.6 is 0 Å². The Morgan fingerprint density at radius 3 is 2.75 bits per heavy atom. The minimum atomic E-state index is 0.0848. The third-order valence-corrected chi connectivity index (χ3v) is 3.71. The molecule has 0 aliphatic carbocycles. The lowest BCUT2D eigenvalue weighted by Gasteiger charge is -2.09. The van der Waals surface area contributed by atoms with Gasteiger partial charge < -0.3 is 10.2 Å². The molecule has 1 unspecified atom stereocenters. The monoisotopic (exact) mass is 265 g/mol. The van der Waals surface area contributed by atoms with E-state index in [-0.39, 0.29) is 6.04 Å². The minimum absolute atomic E-state index is 0.0848. The van der Waals surface area contributed by atoms with Crippen molar-refractivity contribution in [2.45, 2.75) is 26.3 Å². The van der Waals surface area contributed by atoms with Gasteiger partial charge in [0.1, 0.15) is 11.3 Å². The highest BCUT2D eigenvalue weighted by Crippen LogP contribution is 2.30. The van der Waals surface area contributed by atoms with E-state index in [1.165, 1.54) is 5.56 Å². The van der Waals surface area contributed by atoms with Crippen LogP contribution < -0.4 is 5.73 Å². The molecule has 3 aromatic rings. The standard InChI is InChI=1S/C18H19NO/c1-3-16(19)13-5-4-6-14(10-13)18-11-15-9-12(2)7-8-17(15)20-18/h4-11,16H,3,19H2,1-2H3. The molecule has 2 N–H and O–H groups in total. The Hall–Kier alpha value is -2.06. The molecule has 0 bridgehead atoms. The maximum atomic E-state index is 6.11. The first-order chi connectivity index (χ1) is 9.67. The van der Waals surface area contributed by atoms with E-state index in [0.717, 1.165) is 34.3 Å². The molecule has 0 radical (unpaired) electrons. The van der Waals surface area contributed by atoms with Gasteiger partial charge in [-0.3, -0.25) is 0 Å². The van der Waals surface area contributed by atoms with E-state index < -0.39 is 0 Å². The smallest absolute Gasteiger partial charge is 0.135 e. The predicted molar refractivity (Wildman–Crippen MR) is 83.6 cm³/mol. The third-order valence-electron chi connectivity index (χ3n) is 3.71. The lowest BCUT2D eigenvalue weighted by atomic mass is 10.0. The summed E-state index contributed by atoms with van der Waals surface area (Å²) in [5.74, 6) is 0.899. The second kappa shape index (κ2) is 5.14. The molecule has 2 aromatic carbocycles. The molecule has 3 rings (SSSR count). The second-order valence-electron chi connectivity index (χ2n) is 5.29. The van der Waals surface area contributed by atoms with Crippen molar-refractivity contribution in [1.82, 2.24) is 0 Å². The van der Waals surface area contributed by atoms with Crippen LogP contribution in [-0.4, -0.2) is 0 Å². The first-order valence-corrected chi connectivity index (χ1v) is 7.03. The van der Waals surface area contributed by atoms with Crippen LogP contribution in [0.3, 0.4) is 0 Å². The van der Waals surface area contributed by atoms with Gasteiger partial charge in [-0.1, -0.05) is 36.8 Å². The van der Waals surface area contributed by atoms with Crippen molar-refractivity contribution < 1.29 is 4.42 Å². The van der Waals surface area contributed by atoms with Gasteiger partial charge in [0.2, 0.25) is 0 Å². The fraction of sp³-hybridized carbons (Fsp3) is 0.222. The maximum absolute atomic E-state index is 6.11. The first-order valence-electron chi connectivity index (χ1n) is 7.03. The van der Waals surface area contributed by atoms with Crippen LogP contribution in [0.2, 0.25) is 0 Å². The lowest BCUT2D eigenvalue weighted by Crippen LogP contribution is -2.08. The molecule has 0 saturated carbocycles. The quantitative estimate of drug-likeness (QED) is 0.737. The zero-order valence-electron chi connectivity index (χ0n) is 11.9. The van der Waals surface area contributed by atoms with E-state index in [1.807, 2.05) is 12.1 Å². The molecule has 0 saturated heterocycles. The Labute approximate surface area is 119 Å². The van der Waals surface area contributed by atoms with Crippen molar-refractivity contribution in [1.29, 1.82) is 0 Å². The predicted octanol–water partition coefficient (Wildman–Crippen LogP) is 4.82. The molecular formula is C18H19NO. The molecule has 102 valence electrons. The van der Waals surface area contributed by atoms with Crippen LogP contribution in [0.1, 0.15) is 30.5 Å². The van der Waals surface area contributed by atoms with E-state index in [4.69, 9.17) is 10.2 Å². The minimum Gasteiger partial charge on any atom is -0.456 e. The molecule has 1 atom stereocenters. The van der Waals surface area contributed by atoms with Gasteiger partial charge in [0, 0.05) is 17.0 Å². The average Bonchev–Trinajstić information content (AvgIpc) is 2.89. The van der Waals surface area contributed by atoms with Gasteiger partial charge in [0.25, 0.3) is 0 Å². The van der Waals surface area contributed by atoms with Gasteiger partial charge in [0.05, 0.1) is 0 Å². The SMILES string of the molecule is CCC(N)c1cccc(-c2cc3cc(C)ccc3o2)c1. The third kappa shape index (κ3) is 2.35. The number of furan rings is 1. The highest BCUT2D eigenvalue weighted by atomic mass is 16.3. The zero-order valence-corrected chi connectivity index (χ0v) is 11.9. The number of hydrogen-bond acceptors (Lipinski definition) is 2. The molecule has 0 aliphatic rings. The Balaban J connectivity index is 2.06. The number of nitrogens with two attached hydrogens (primary N) is 1. The number of aryl methyl sites for hydroxylation is 1. The molecule has 2 heteroatoms. The Bertz CT molecular complexity index is 742. The normalized spacial score (nSPS) is 12.8. The lowest BCUT2D eigenvalue weighted by molar-refractivity contribution is 0.630. The molecule has 0 aliphatic heterocycles. The van der Waals surface area contributed by atoms with Gasteiger partial charge in [-0.25, -0.2) is 0 Å². The van der Waals surface area contributed by atoms with Crippen molar-refractivity contribution in [3.05, 3.63) is 59.7 Å². The second-order valence-corrected chi connectivity index (χ2v) is 5.29. The van der Waals surface area contributed by atoms with Gasteiger partial charge in [-0.15, -0.1) is 0 Å². The van der Waals surface area contributed by atoms with E-state index in [0.29, 0.717) is 0 Å². The van der Waals surface area contributed by atoms with Crippen LogP contribution in [0.4, 0.5) is 0 Å². The van der Waals surface area contributed by atoms with Crippen molar-refractivity contribution in [3.8, 4) is 11.3 Å². The number of benzene rings is 2. The van der Waals surface area contributed by atoms with Gasteiger partial charge >= 0.3 is 0 Å². The van der Waals surface area contributed by atoms with Gasteiger partial charge in [-0.2, -0.15) is 0 Å². The van der Waals surface area contributed by atoms with E-state index in [1.54, 1.807) is 0 Å². The Morgan fingerprint density at radius 1 is 1.10 bits per heavy atom. The Kier molecular flexibility index (Phi) is 3.33. The fourth-order valence-corrected chi connectivity index (χ4v) is 2.46. The van der Waals surface area contributed by atoms with Crippen molar-refractivity contribution in [2.75, 3.05) is 0 Å². The van der Waals surface area contributed by atoms with Crippen LogP contribution in [0.25, 0.3) is 22.3 Å². The number of fused-ring (bicyclic) bond motifs is 1. The highest BCUT2D eigenvalue weighted by molar-refractivity contribution is 5.83. The first kappa shape index (κ1) is 12.9. The van der Waals surface area contributed by atoms with Crippen molar-refractivity contribution in [2.24, 2.45) is 5.73 Å². The topological polar surface area (TPSA) is 39.2 Å². The summed E-state index contributed by atoms with van der Waals surface area (Å²) in [6.07, 6.45) is 0.933. The Morgan fingerprint density at radius 2 is 1.95 bits per heavy atom. The maximum Gasteiger partial charge on any atom is 0.135 e. The number of rotatable bonds is 3. The molecule has 0 amide bonds. The summed E-state index contributed by atoms with van der Waals surface area (Å²) in [7, 11) is 0. The molecule has 1 aromatic heterocycles. The summed E-state index contributed by atoms with van der Waals surface area (Å²) in [5.41, 5.74) is 10.5. The summed E-state index contributed by atoms with van der Waals surface area (Å²) in [6, 6.07) is 16.7. The average molecular weight is 265 g/mol. The molecule has 2 nitrogen and oxygen atoms in total. The molecule has 0 fully saturated rings. The summed E-state index contributed by atoms with van der Waals surface area (Å²) in [4.78, 5) is 0. The summed E-state index contributed by atoms with van der Waals surface area (Å²) < 4.78 is 5.94.